The molecule has 0 nitrogen and oxygen atoms in total. The first-order valence-corrected chi connectivity index (χ1v) is 9.77. The minimum atomic E-state index is -8.53. The Hall–Kier alpha value is 0.922. The van der Waals surface area contributed by atoms with Crippen LogP contribution in [0, 0.1) is 0 Å². The van der Waals surface area contributed by atoms with Gasteiger partial charge < -0.3 is 0 Å². The van der Waals surface area contributed by atoms with Crippen molar-refractivity contribution in [2.75, 3.05) is 0 Å². The standard InChI is InChI=1S/4C2H5.Pb/c4*1-2;/h4*1H2,2H3;/i4*1D2,2D3;. The van der Waals surface area contributed by atoms with Crippen molar-refractivity contribution < 1.29 is 27.4 Å². The predicted molar refractivity (Wildman–Crippen MR) is 47.7 cm³/mol. The van der Waals surface area contributed by atoms with Crippen LogP contribution in [-0.2, 0) is 0 Å². The Morgan fingerprint density at radius 1 is 1.00 bits per heavy atom. The zero-order valence-electron chi connectivity index (χ0n) is 24.5. The molecule has 0 saturated carbocycles. The summed E-state index contributed by atoms with van der Waals surface area (Å²) >= 11 is -8.53. The average Bonchev–Trinajstić information content (AvgIpc) is 2.31. The molecule has 0 rings (SSSR count). The van der Waals surface area contributed by atoms with Crippen LogP contribution in [0.4, 0.5) is 0 Å². The molecule has 9 heavy (non-hydrogen) atoms. The zero-order chi connectivity index (χ0) is 24.5. The third kappa shape index (κ3) is 2.56. The fraction of sp³-hybridized carbons (Fsp3) is 1.00. The molecule has 56 valence electrons. The first-order chi connectivity index (χ1) is 12.0. The third-order valence-electron chi connectivity index (χ3n) is 0.750. The van der Waals surface area contributed by atoms with Crippen molar-refractivity contribution in [1.82, 2.24) is 0 Å². The van der Waals surface area contributed by atoms with Crippen molar-refractivity contribution in [3.05, 3.63) is 0 Å². The van der Waals surface area contributed by atoms with Crippen LogP contribution >= 0.6 is 0 Å². The Bertz CT molecular complexity index is 486. The first kappa shape index (κ1) is 0.944. The molecule has 0 saturated heterocycles. The molecule has 0 heterocycles. The van der Waals surface area contributed by atoms with Crippen LogP contribution < -0.4 is 0 Å². The fourth-order valence-corrected chi connectivity index (χ4v) is 1.65. The van der Waals surface area contributed by atoms with E-state index in [0.29, 0.717) is 0 Å². The molecule has 0 bridgehead atoms. The number of hydrogen-bond donors (Lipinski definition) is 0. The van der Waals surface area contributed by atoms with Crippen LogP contribution in [0.3, 0.4) is 0 Å². The summed E-state index contributed by atoms with van der Waals surface area (Å²) in [5, 5.41) is 0. The topological polar surface area (TPSA) is 0 Å². The van der Waals surface area contributed by atoms with E-state index in [1.54, 1.807) is 0 Å². The molecule has 0 atom stereocenters. The van der Waals surface area contributed by atoms with Gasteiger partial charge in [-0.3, -0.25) is 0 Å². The van der Waals surface area contributed by atoms with Crippen molar-refractivity contribution in [3.63, 3.8) is 0 Å². The van der Waals surface area contributed by atoms with Gasteiger partial charge in [-0.25, -0.2) is 0 Å². The van der Waals surface area contributed by atoms with E-state index in [-0.39, 0.29) is 0 Å². The zero-order valence-corrected chi connectivity index (χ0v) is 8.39. The molecule has 1 heteroatoms. The summed E-state index contributed by atoms with van der Waals surface area (Å²) in [7, 11) is 0. The monoisotopic (exact) mass is 344 g/mol. The second-order valence-corrected chi connectivity index (χ2v) is 11.0. The molecule has 0 unspecified atom stereocenters. The van der Waals surface area contributed by atoms with Gasteiger partial charge in [-0.1, -0.05) is 0 Å². The molecular weight excluding hydrogens is 303 g/mol. The summed E-state index contributed by atoms with van der Waals surface area (Å²) in [6.45, 7) is -16.5. The van der Waals surface area contributed by atoms with Crippen LogP contribution in [-0.4, -0.2) is 21.2 Å². The van der Waals surface area contributed by atoms with Crippen LogP contribution in [0.2, 0.25) is 15.7 Å². The number of rotatable bonds is 4. The van der Waals surface area contributed by atoms with Gasteiger partial charge in [-0.15, -0.1) is 0 Å². The van der Waals surface area contributed by atoms with Gasteiger partial charge in [-0.2, -0.15) is 0 Å². The van der Waals surface area contributed by atoms with Gasteiger partial charge in [0.15, 0.2) is 0 Å². The van der Waals surface area contributed by atoms with Crippen LogP contribution in [0.15, 0.2) is 0 Å². The van der Waals surface area contributed by atoms with Crippen molar-refractivity contribution in [2.24, 2.45) is 0 Å². The van der Waals surface area contributed by atoms with E-state index >= 15 is 0 Å². The predicted octanol–water partition coefficient (Wildman–Crippen LogP) is 3.51. The Labute approximate surface area is 92.8 Å². The normalized spacial score (nSPS) is 56.9. The molecule has 0 aliphatic rings. The van der Waals surface area contributed by atoms with E-state index in [2.05, 4.69) is 0 Å². The Balaban J connectivity index is 8.26. The molecule has 0 fully saturated rings. The molecule has 0 N–H and O–H groups in total. The van der Waals surface area contributed by atoms with Crippen molar-refractivity contribution in [1.29, 1.82) is 0 Å². The van der Waals surface area contributed by atoms with Gasteiger partial charge in [0.05, 0.1) is 0 Å². The van der Waals surface area contributed by atoms with Gasteiger partial charge in [0.1, 0.15) is 0 Å². The van der Waals surface area contributed by atoms with Crippen LogP contribution in [0.5, 0.6) is 0 Å². The van der Waals surface area contributed by atoms with E-state index in [0.717, 1.165) is 0 Å². The van der Waals surface area contributed by atoms with Gasteiger partial charge >= 0.3 is 91.7 Å². The maximum atomic E-state index is 8.02. The first-order valence-electron chi connectivity index (χ1n) is 12.0. The van der Waals surface area contributed by atoms with Crippen molar-refractivity contribution in [2.45, 2.75) is 43.1 Å². The molecule has 0 spiro atoms. The van der Waals surface area contributed by atoms with Gasteiger partial charge in [0, 0.05) is 0 Å². The third-order valence-corrected chi connectivity index (χ3v) is 6.58. The quantitative estimate of drug-likeness (QED) is 0.685. The Morgan fingerprint density at radius 3 is 1.56 bits per heavy atom. The van der Waals surface area contributed by atoms with Gasteiger partial charge in [0.25, 0.3) is 0 Å². The molecule has 0 aromatic carbocycles. The van der Waals surface area contributed by atoms with E-state index in [9.17, 15) is 0 Å². The molecule has 0 aliphatic carbocycles. The molecule has 0 aromatic heterocycles. The molecule has 0 aromatic rings. The summed E-state index contributed by atoms with van der Waals surface area (Å²) in [4.78, 5) is 0. The maximum absolute atomic E-state index is 8.53. The minimum absolute atomic E-state index is 4.13. The van der Waals surface area contributed by atoms with E-state index in [1.807, 2.05) is 0 Å². The SMILES string of the molecule is [2H]C([2H])([2H])[C]([2H])([2H])[Pb]([C]([2H])([2H])C([2H])([2H])[2H])([C]([2H])([2H])C([2H])([2H])[2H])[C]([2H])([2H])C([2H])([2H])[2H]. The molecule has 0 amide bonds. The molecule has 0 aliphatic heterocycles. The summed E-state index contributed by atoms with van der Waals surface area (Å²) in [5.41, 5.74) is 0. The van der Waals surface area contributed by atoms with Crippen LogP contribution in [0.1, 0.15) is 54.8 Å². The molecular formula is C8H20Pb. The summed E-state index contributed by atoms with van der Waals surface area (Å²) < 4.78 is 135. The Morgan fingerprint density at radius 2 is 1.33 bits per heavy atom. The van der Waals surface area contributed by atoms with E-state index in [1.165, 1.54) is 0 Å². The van der Waals surface area contributed by atoms with Gasteiger partial charge in [0.2, 0.25) is 0 Å². The van der Waals surface area contributed by atoms with Crippen molar-refractivity contribution >= 4 is 21.2 Å². The summed E-state index contributed by atoms with van der Waals surface area (Å²) in [6, 6.07) is 0. The molecule has 0 radical (unpaired) electrons. The second kappa shape index (κ2) is 4.69. The van der Waals surface area contributed by atoms with Gasteiger partial charge in [-0.05, 0) is 0 Å². The summed E-state index contributed by atoms with van der Waals surface area (Å²) in [6.07, 6.45) is 0. The van der Waals surface area contributed by atoms with E-state index in [4.69, 9.17) is 27.4 Å². The number of hydrogen-bond acceptors (Lipinski definition) is 0. The van der Waals surface area contributed by atoms with Crippen molar-refractivity contribution in [3.8, 4) is 0 Å². The van der Waals surface area contributed by atoms with E-state index < -0.39 is 64.3 Å². The average molecular weight is 344 g/mol. The Kier molecular flexibility index (Phi) is 0.492. The fourth-order valence-electron chi connectivity index (χ4n) is 0.188. The second-order valence-electron chi connectivity index (χ2n) is 1.25. The summed E-state index contributed by atoms with van der Waals surface area (Å²) in [5.74, 6) is 0. The van der Waals surface area contributed by atoms with Crippen LogP contribution in [0.25, 0.3) is 0 Å².